The summed E-state index contributed by atoms with van der Waals surface area (Å²) < 4.78 is 23.4. The average molecular weight is 652 g/mol. The monoisotopic (exact) mass is 651 g/mol. The van der Waals surface area contributed by atoms with Gasteiger partial charge < -0.3 is 25.2 Å². The van der Waals surface area contributed by atoms with Gasteiger partial charge in [0, 0.05) is 24.8 Å². The van der Waals surface area contributed by atoms with Gasteiger partial charge in [-0.3, -0.25) is 14.4 Å². The fourth-order valence-electron chi connectivity index (χ4n) is 3.34. The molecule has 0 fully saturated rings. The van der Waals surface area contributed by atoms with Gasteiger partial charge in [-0.15, -0.1) is 0 Å². The number of benzene rings is 4. The van der Waals surface area contributed by atoms with Gasteiger partial charge in [-0.05, 0) is 48.9 Å². The normalized spacial score (nSPS) is 12.3. The lowest BCUT2D eigenvalue weighted by Gasteiger charge is -2.11. The summed E-state index contributed by atoms with van der Waals surface area (Å²) in [7, 11) is 0. The number of hydrogen-bond donors (Lipinski definition) is 4. The number of aliphatic hydroxyl groups excluding tert-OH is 2. The molecule has 8 nitrogen and oxygen atoms in total. The summed E-state index contributed by atoms with van der Waals surface area (Å²) in [6.07, 6.45) is -0.832. The standard InChI is InChI=1S/C10H12O2.C9H12.2C8H10O.2C2H4O2/c1-8(12-9(2)11)10-6-4-3-5-7-10;1-8(2)9-6-4-3-5-7-9;2*1-7(9)8-5-3-2-4-6-8;2*1-2(3)4/h3-8H,1-2H3;3-8H,1-2H3;2*2-7,9H,1H3;2*1H3,(H,3,4)/t8-;;7-;;;/m0.0.../s1/i;;;;1D3;. The van der Waals surface area contributed by atoms with Gasteiger partial charge in [0.25, 0.3) is 11.9 Å². The second-order valence-electron chi connectivity index (χ2n) is 10.2. The Balaban J connectivity index is 0. The topological polar surface area (TPSA) is 141 Å². The zero-order valence-corrected chi connectivity index (χ0v) is 28.3. The van der Waals surface area contributed by atoms with Crippen molar-refractivity contribution in [1.82, 2.24) is 0 Å². The van der Waals surface area contributed by atoms with E-state index in [2.05, 4.69) is 38.1 Å². The zero-order valence-electron chi connectivity index (χ0n) is 31.3. The average Bonchev–Trinajstić information content (AvgIpc) is 3.06. The highest BCUT2D eigenvalue weighted by atomic mass is 16.5. The Morgan fingerprint density at radius 2 is 0.787 bits per heavy atom. The van der Waals surface area contributed by atoms with Gasteiger partial charge in [0.2, 0.25) is 0 Å². The van der Waals surface area contributed by atoms with E-state index in [1.807, 2.05) is 104 Å². The maximum Gasteiger partial charge on any atom is 0.303 e. The smallest absolute Gasteiger partial charge is 0.303 e. The molecule has 0 saturated heterocycles. The summed E-state index contributed by atoms with van der Waals surface area (Å²) in [4.78, 5) is 29.1. The van der Waals surface area contributed by atoms with E-state index in [9.17, 15) is 9.59 Å². The number of carbonyl (C=O) groups is 3. The number of hydrogen-bond acceptors (Lipinski definition) is 6. The van der Waals surface area contributed by atoms with Gasteiger partial charge in [0.15, 0.2) is 0 Å². The first-order valence-electron chi connectivity index (χ1n) is 16.4. The number of carbonyl (C=O) groups excluding carboxylic acids is 1. The molecule has 0 saturated carbocycles. The van der Waals surface area contributed by atoms with Gasteiger partial charge >= 0.3 is 5.97 Å². The molecule has 0 spiro atoms. The van der Waals surface area contributed by atoms with Gasteiger partial charge in [0.1, 0.15) is 6.10 Å². The highest BCUT2D eigenvalue weighted by Crippen LogP contribution is 2.15. The number of esters is 1. The Morgan fingerprint density at radius 3 is 0.957 bits per heavy atom. The van der Waals surface area contributed by atoms with Crippen molar-refractivity contribution in [2.75, 3.05) is 0 Å². The van der Waals surface area contributed by atoms with E-state index in [-0.39, 0.29) is 24.3 Å². The number of carboxylic acid groups (broad SMARTS) is 2. The van der Waals surface area contributed by atoms with E-state index in [1.165, 1.54) is 12.5 Å². The quantitative estimate of drug-likeness (QED) is 0.157. The van der Waals surface area contributed by atoms with Crippen LogP contribution in [0.2, 0.25) is 0 Å². The highest BCUT2D eigenvalue weighted by Gasteiger charge is 2.06. The SMILES string of the molecule is CC(=O)O.CC(=O)O[C@@H](C)c1ccccc1.CC(C)c1ccccc1.CC(O)c1ccccc1.C[C@H](O)c1ccccc1.[2H]C([2H])([2H])C(=O)O. The molecule has 256 valence electrons. The minimum Gasteiger partial charge on any atom is -0.481 e. The fourth-order valence-corrected chi connectivity index (χ4v) is 3.34. The molecule has 0 amide bonds. The summed E-state index contributed by atoms with van der Waals surface area (Å²) >= 11 is 0. The van der Waals surface area contributed by atoms with Crippen LogP contribution in [0.15, 0.2) is 121 Å². The summed E-state index contributed by atoms with van der Waals surface area (Å²) in [5, 5.41) is 33.2. The Kier molecular flexibility index (Phi) is 22.5. The van der Waals surface area contributed by atoms with Crippen LogP contribution in [0.25, 0.3) is 0 Å². The lowest BCUT2D eigenvalue weighted by atomic mass is 10.0. The highest BCUT2D eigenvalue weighted by molar-refractivity contribution is 5.66. The van der Waals surface area contributed by atoms with Crippen molar-refractivity contribution in [2.45, 2.75) is 79.5 Å². The molecular formula is C39H52O8. The van der Waals surface area contributed by atoms with Crippen LogP contribution in [-0.4, -0.2) is 38.3 Å². The summed E-state index contributed by atoms with van der Waals surface area (Å²) in [5.74, 6) is -2.18. The second kappa shape index (κ2) is 27.5. The Labute approximate surface area is 284 Å². The maximum atomic E-state index is 10.6. The first-order chi connectivity index (χ1) is 23.3. The van der Waals surface area contributed by atoms with E-state index < -0.39 is 18.8 Å². The largest absolute Gasteiger partial charge is 0.481 e. The molecule has 4 aromatic carbocycles. The lowest BCUT2D eigenvalue weighted by molar-refractivity contribution is -0.145. The molecule has 47 heavy (non-hydrogen) atoms. The fraction of sp³-hybridized carbons (Fsp3) is 0.308. The Morgan fingerprint density at radius 1 is 0.532 bits per heavy atom. The van der Waals surface area contributed by atoms with Crippen molar-refractivity contribution >= 4 is 17.9 Å². The molecule has 8 heteroatoms. The third kappa shape index (κ3) is 28.4. The molecule has 1 unspecified atom stereocenters. The molecule has 0 aliphatic heterocycles. The van der Waals surface area contributed by atoms with Crippen LogP contribution in [0, 0.1) is 0 Å². The van der Waals surface area contributed by atoms with Crippen LogP contribution < -0.4 is 0 Å². The third-order valence-corrected chi connectivity index (χ3v) is 5.64. The molecule has 4 N–H and O–H groups in total. The maximum absolute atomic E-state index is 10.6. The van der Waals surface area contributed by atoms with E-state index in [0.29, 0.717) is 5.92 Å². The van der Waals surface area contributed by atoms with Gasteiger partial charge in [-0.1, -0.05) is 135 Å². The number of ether oxygens (including phenoxy) is 1. The van der Waals surface area contributed by atoms with E-state index in [1.54, 1.807) is 13.8 Å². The summed E-state index contributed by atoms with van der Waals surface area (Å²) in [5.41, 5.74) is 4.38. The van der Waals surface area contributed by atoms with Crippen molar-refractivity contribution in [3.8, 4) is 0 Å². The van der Waals surface area contributed by atoms with Gasteiger partial charge in [-0.25, -0.2) is 0 Å². The van der Waals surface area contributed by atoms with E-state index in [0.717, 1.165) is 23.6 Å². The molecular weight excluding hydrogens is 596 g/mol. The van der Waals surface area contributed by atoms with Crippen LogP contribution in [0.4, 0.5) is 0 Å². The lowest BCUT2D eigenvalue weighted by Crippen LogP contribution is -2.04. The molecule has 0 heterocycles. The van der Waals surface area contributed by atoms with Crippen LogP contribution in [0.1, 0.15) is 106 Å². The van der Waals surface area contributed by atoms with Gasteiger partial charge in [0.05, 0.1) is 12.2 Å². The molecule has 0 aliphatic carbocycles. The van der Waals surface area contributed by atoms with Crippen molar-refractivity contribution in [1.29, 1.82) is 0 Å². The second-order valence-corrected chi connectivity index (χ2v) is 10.2. The minimum atomic E-state index is -2.83. The van der Waals surface area contributed by atoms with Crippen molar-refractivity contribution < 1.29 is 43.7 Å². The molecule has 0 bridgehead atoms. The molecule has 0 radical (unpaired) electrons. The van der Waals surface area contributed by atoms with Crippen molar-refractivity contribution in [3.05, 3.63) is 144 Å². The van der Waals surface area contributed by atoms with Crippen molar-refractivity contribution in [3.63, 3.8) is 0 Å². The predicted molar refractivity (Wildman–Crippen MR) is 188 cm³/mol. The van der Waals surface area contributed by atoms with Crippen LogP contribution in [0.3, 0.4) is 0 Å². The molecule has 0 aliphatic rings. The third-order valence-electron chi connectivity index (χ3n) is 5.64. The van der Waals surface area contributed by atoms with Crippen LogP contribution >= 0.6 is 0 Å². The molecule has 4 rings (SSSR count). The Hall–Kier alpha value is -4.79. The van der Waals surface area contributed by atoms with E-state index in [4.69, 9.17) is 34.1 Å². The van der Waals surface area contributed by atoms with Crippen LogP contribution in [-0.2, 0) is 19.1 Å². The van der Waals surface area contributed by atoms with Crippen molar-refractivity contribution in [2.24, 2.45) is 0 Å². The molecule has 4 aromatic rings. The molecule has 3 atom stereocenters. The number of rotatable bonds is 5. The van der Waals surface area contributed by atoms with E-state index >= 15 is 0 Å². The first kappa shape index (κ1) is 38.4. The summed E-state index contributed by atoms with van der Waals surface area (Å²) in [6.45, 7) is 9.45. The number of aliphatic carboxylic acids is 2. The first-order valence-corrected chi connectivity index (χ1v) is 14.9. The zero-order chi connectivity index (χ0) is 38.7. The molecule has 0 aromatic heterocycles. The summed E-state index contributed by atoms with van der Waals surface area (Å²) in [6, 6.07) is 39.4. The minimum absolute atomic E-state index is 0.149. The Bertz CT molecular complexity index is 1320. The number of aliphatic hydroxyl groups is 2. The van der Waals surface area contributed by atoms with Crippen LogP contribution in [0.5, 0.6) is 0 Å². The predicted octanol–water partition coefficient (Wildman–Crippen LogP) is 8.78. The number of carboxylic acids is 2. The van der Waals surface area contributed by atoms with Gasteiger partial charge in [-0.2, -0.15) is 0 Å².